The topological polar surface area (TPSA) is 119 Å². The Balaban J connectivity index is 1.45. The first-order valence-electron chi connectivity index (χ1n) is 12.1. The van der Waals surface area contributed by atoms with E-state index < -0.39 is 5.82 Å². The van der Waals surface area contributed by atoms with E-state index in [9.17, 15) is 4.79 Å². The molecule has 0 radical (unpaired) electrons. The second-order valence-electron chi connectivity index (χ2n) is 9.25. The molecule has 4 aromatic heterocycles. The Bertz CT molecular complexity index is 1420. The lowest BCUT2D eigenvalue weighted by atomic mass is 9.61. The number of esters is 1. The van der Waals surface area contributed by atoms with Crippen molar-refractivity contribution in [1.82, 2.24) is 24.9 Å². The lowest BCUT2D eigenvalue weighted by Crippen LogP contribution is -2.52. The molecule has 0 saturated heterocycles. The van der Waals surface area contributed by atoms with E-state index in [2.05, 4.69) is 30.2 Å². The number of hydrogen-bond donors (Lipinski definition) is 2. The summed E-state index contributed by atoms with van der Waals surface area (Å²) < 4.78 is 26.8. The van der Waals surface area contributed by atoms with Crippen LogP contribution in [0.15, 0.2) is 35.2 Å². The Hall–Kier alpha value is -3.53. The van der Waals surface area contributed by atoms with E-state index >= 15 is 4.39 Å². The quantitative estimate of drug-likeness (QED) is 0.338. The van der Waals surface area contributed by atoms with Crippen molar-refractivity contribution < 1.29 is 18.3 Å². The van der Waals surface area contributed by atoms with Crippen LogP contribution in [0.1, 0.15) is 32.6 Å². The highest BCUT2D eigenvalue weighted by Gasteiger charge is 2.48. The van der Waals surface area contributed by atoms with Gasteiger partial charge >= 0.3 is 5.97 Å². The van der Waals surface area contributed by atoms with Crippen LogP contribution >= 0.6 is 11.6 Å². The van der Waals surface area contributed by atoms with Crippen molar-refractivity contribution in [3.05, 3.63) is 41.8 Å². The number of rotatable bonds is 6. The second-order valence-corrected chi connectivity index (χ2v) is 9.64. The number of carbonyl (C=O) groups excluding carboxylic acids is 1. The van der Waals surface area contributed by atoms with E-state index in [-0.39, 0.29) is 58.0 Å². The summed E-state index contributed by atoms with van der Waals surface area (Å²) >= 11 is 5.98. The number of carbonyl (C=O) groups is 1. The predicted molar refractivity (Wildman–Crippen MR) is 131 cm³/mol. The molecule has 2 N–H and O–H groups in total. The summed E-state index contributed by atoms with van der Waals surface area (Å²) in [6.07, 6.45) is 8.44. The lowest BCUT2D eigenvalue weighted by molar-refractivity contribution is -0.154. The van der Waals surface area contributed by atoms with Crippen molar-refractivity contribution in [2.75, 3.05) is 11.9 Å². The summed E-state index contributed by atoms with van der Waals surface area (Å²) in [6, 6.07) is 3.01. The molecule has 11 heteroatoms. The van der Waals surface area contributed by atoms with Gasteiger partial charge in [-0.05, 0) is 56.6 Å². The monoisotopic (exact) mass is 510 g/mol. The minimum atomic E-state index is -0.647. The first-order chi connectivity index (χ1) is 17.5. The van der Waals surface area contributed by atoms with Gasteiger partial charge in [-0.15, -0.1) is 0 Å². The van der Waals surface area contributed by atoms with Gasteiger partial charge in [0.1, 0.15) is 16.4 Å². The maximum Gasteiger partial charge on any atom is 0.311 e. The highest BCUT2D eigenvalue weighted by molar-refractivity contribution is 6.29. The average Bonchev–Trinajstić information content (AvgIpc) is 3.56. The SMILES string of the molecule is CCOC(=O)[C@@H]1C2CCC(CC2)[C@H]1Nc1nc(-c2c[nH]c3nc(Cl)cnc23)nc(-c2ccco2)c1F. The molecule has 0 amide bonds. The number of aromatic nitrogens is 5. The molecule has 4 heterocycles. The summed E-state index contributed by atoms with van der Waals surface area (Å²) in [5, 5.41) is 3.54. The number of hydrogen-bond acceptors (Lipinski definition) is 8. The summed E-state index contributed by atoms with van der Waals surface area (Å²) in [5.74, 6) is -0.314. The van der Waals surface area contributed by atoms with E-state index in [1.54, 1.807) is 25.3 Å². The van der Waals surface area contributed by atoms with Crippen LogP contribution in [-0.2, 0) is 9.53 Å². The molecular formula is C25H24ClFN6O3. The van der Waals surface area contributed by atoms with Crippen molar-refractivity contribution in [3.63, 3.8) is 0 Å². The van der Waals surface area contributed by atoms with Crippen LogP contribution in [-0.4, -0.2) is 43.5 Å². The maximum absolute atomic E-state index is 15.9. The number of nitrogens with zero attached hydrogens (tertiary/aromatic N) is 4. The fourth-order valence-electron chi connectivity index (χ4n) is 5.68. The van der Waals surface area contributed by atoms with E-state index in [1.807, 2.05) is 0 Å². The molecule has 3 aliphatic carbocycles. The Labute approximate surface area is 210 Å². The van der Waals surface area contributed by atoms with Gasteiger partial charge in [0.05, 0.1) is 30.5 Å². The van der Waals surface area contributed by atoms with Crippen LogP contribution in [0, 0.1) is 23.6 Å². The molecule has 3 aliphatic rings. The van der Waals surface area contributed by atoms with Gasteiger partial charge in [-0.3, -0.25) is 4.79 Å². The highest BCUT2D eigenvalue weighted by Crippen LogP contribution is 2.47. The van der Waals surface area contributed by atoms with Gasteiger partial charge in [0.2, 0.25) is 0 Å². The molecule has 3 saturated carbocycles. The van der Waals surface area contributed by atoms with Gasteiger partial charge in [-0.25, -0.2) is 24.3 Å². The number of anilines is 1. The first kappa shape index (κ1) is 22.9. The van der Waals surface area contributed by atoms with Crippen molar-refractivity contribution in [2.45, 2.75) is 38.6 Å². The Morgan fingerprint density at radius 2 is 2.06 bits per heavy atom. The number of aromatic amines is 1. The van der Waals surface area contributed by atoms with E-state index in [0.717, 1.165) is 25.7 Å². The molecule has 9 nitrogen and oxygen atoms in total. The molecular weight excluding hydrogens is 487 g/mol. The fraction of sp³-hybridized carbons (Fsp3) is 0.400. The maximum atomic E-state index is 15.9. The molecule has 36 heavy (non-hydrogen) atoms. The molecule has 0 unspecified atom stereocenters. The molecule has 0 aliphatic heterocycles. The Kier molecular flexibility index (Phi) is 5.83. The largest absolute Gasteiger partial charge is 0.466 e. The van der Waals surface area contributed by atoms with E-state index in [4.69, 9.17) is 20.8 Å². The molecule has 7 rings (SSSR count). The van der Waals surface area contributed by atoms with Crippen molar-refractivity contribution >= 4 is 34.6 Å². The number of fused-ring (bicyclic) bond motifs is 4. The predicted octanol–water partition coefficient (Wildman–Crippen LogP) is 5.25. The number of halogens is 2. The van der Waals surface area contributed by atoms with Crippen LogP contribution < -0.4 is 5.32 Å². The molecule has 0 aromatic carbocycles. The molecule has 4 aromatic rings. The zero-order chi connectivity index (χ0) is 24.8. The van der Waals surface area contributed by atoms with Gasteiger partial charge in [0.15, 0.2) is 28.9 Å². The van der Waals surface area contributed by atoms with Crippen molar-refractivity contribution in [2.24, 2.45) is 17.8 Å². The van der Waals surface area contributed by atoms with E-state index in [0.29, 0.717) is 23.3 Å². The first-order valence-corrected chi connectivity index (χ1v) is 12.5. The molecule has 2 atom stereocenters. The fourth-order valence-corrected chi connectivity index (χ4v) is 5.81. The lowest BCUT2D eigenvalue weighted by Gasteiger charge is -2.47. The highest BCUT2D eigenvalue weighted by atomic mass is 35.5. The van der Waals surface area contributed by atoms with Crippen LogP contribution in [0.25, 0.3) is 34.0 Å². The summed E-state index contributed by atoms with van der Waals surface area (Å²) in [5.41, 5.74) is 1.52. The molecule has 3 fully saturated rings. The van der Waals surface area contributed by atoms with Crippen LogP contribution in [0.3, 0.4) is 0 Å². The van der Waals surface area contributed by atoms with Gasteiger partial charge < -0.3 is 19.5 Å². The number of H-pyrrole nitrogens is 1. The van der Waals surface area contributed by atoms with Crippen LogP contribution in [0.5, 0.6) is 0 Å². The second kappa shape index (κ2) is 9.16. The summed E-state index contributed by atoms with van der Waals surface area (Å²) in [4.78, 5) is 33.6. The van der Waals surface area contributed by atoms with Crippen molar-refractivity contribution in [1.29, 1.82) is 0 Å². The minimum absolute atomic E-state index is 0.00882. The number of nitrogens with one attached hydrogen (secondary N) is 2. The van der Waals surface area contributed by atoms with Crippen LogP contribution in [0.2, 0.25) is 5.15 Å². The summed E-state index contributed by atoms with van der Waals surface area (Å²) in [7, 11) is 0. The molecule has 0 spiro atoms. The van der Waals surface area contributed by atoms with Gasteiger partial charge in [-0.2, -0.15) is 0 Å². The summed E-state index contributed by atoms with van der Waals surface area (Å²) in [6.45, 7) is 2.10. The smallest absolute Gasteiger partial charge is 0.311 e. The van der Waals surface area contributed by atoms with Gasteiger partial charge in [-0.1, -0.05) is 11.6 Å². The number of furan rings is 1. The third-order valence-electron chi connectivity index (χ3n) is 7.28. The Morgan fingerprint density at radius 3 is 2.81 bits per heavy atom. The van der Waals surface area contributed by atoms with Crippen LogP contribution in [0.4, 0.5) is 10.2 Å². The van der Waals surface area contributed by atoms with Gasteiger partial charge in [0.25, 0.3) is 0 Å². The molecule has 186 valence electrons. The zero-order valence-electron chi connectivity index (χ0n) is 19.5. The normalized spacial score (nSPS) is 23.2. The minimum Gasteiger partial charge on any atom is -0.466 e. The molecule has 2 bridgehead atoms. The average molecular weight is 511 g/mol. The van der Waals surface area contributed by atoms with Crippen molar-refractivity contribution in [3.8, 4) is 22.8 Å². The Morgan fingerprint density at radius 1 is 1.25 bits per heavy atom. The number of ether oxygens (including phenoxy) is 1. The standard InChI is InChI=1S/C25H24ClFN6O3/c1-2-35-25(34)17-12-5-7-13(8-6-12)19(17)31-23-18(27)21(15-4-3-9-36-15)32-22(33-23)14-10-29-24-20(14)28-11-16(26)30-24/h3-4,9-13,17,19H,2,5-8H2,1H3,(H,29,30)(H,31,32,33)/t12?,13?,17-,19-/m1/s1. The zero-order valence-corrected chi connectivity index (χ0v) is 20.3. The van der Waals surface area contributed by atoms with Gasteiger partial charge in [0, 0.05) is 12.2 Å². The van der Waals surface area contributed by atoms with E-state index in [1.165, 1.54) is 12.5 Å². The third kappa shape index (κ3) is 3.89. The third-order valence-corrected chi connectivity index (χ3v) is 7.46.